The SMILES string of the molecule is CCCCOc1nc(N)c2[nH]c(=O)n(CCCC3C(NCc4ccc(CC(=O)OC)cc4)CN3CCC)c2n1. The summed E-state index contributed by atoms with van der Waals surface area (Å²) in [5.74, 6) is -0.0150. The van der Waals surface area contributed by atoms with Crippen LogP contribution in [0.2, 0.25) is 0 Å². The summed E-state index contributed by atoms with van der Waals surface area (Å²) in [5.41, 5.74) is 8.92. The Kier molecular flexibility index (Phi) is 9.94. The molecule has 4 rings (SSSR count). The first kappa shape index (κ1) is 28.6. The smallest absolute Gasteiger partial charge is 0.327 e. The fourth-order valence-corrected chi connectivity index (χ4v) is 5.09. The summed E-state index contributed by atoms with van der Waals surface area (Å²) in [5, 5.41) is 3.71. The van der Waals surface area contributed by atoms with E-state index in [0.29, 0.717) is 36.4 Å². The molecule has 4 N–H and O–H groups in total. The van der Waals surface area contributed by atoms with Crippen molar-refractivity contribution in [2.45, 2.75) is 77.5 Å². The number of aromatic amines is 1. The average Bonchev–Trinajstić information content (AvgIpc) is 3.24. The number of methoxy groups -OCH3 is 1. The van der Waals surface area contributed by atoms with Gasteiger partial charge < -0.3 is 25.5 Å². The van der Waals surface area contributed by atoms with Gasteiger partial charge in [0.05, 0.1) is 20.1 Å². The van der Waals surface area contributed by atoms with Gasteiger partial charge in [0.15, 0.2) is 11.5 Å². The van der Waals surface area contributed by atoms with Crippen molar-refractivity contribution in [3.05, 3.63) is 45.9 Å². The number of benzene rings is 1. The first-order valence-electron chi connectivity index (χ1n) is 13.9. The fraction of sp³-hybridized carbons (Fsp3) is 0.571. The molecule has 1 fully saturated rings. The number of anilines is 1. The molecule has 39 heavy (non-hydrogen) atoms. The van der Waals surface area contributed by atoms with E-state index in [2.05, 4.69) is 51.1 Å². The number of hydrogen-bond acceptors (Lipinski definition) is 9. The maximum Gasteiger partial charge on any atom is 0.327 e. The number of hydrogen-bond donors (Lipinski definition) is 3. The van der Waals surface area contributed by atoms with Gasteiger partial charge in [-0.25, -0.2) is 4.79 Å². The number of imidazole rings is 1. The summed E-state index contributed by atoms with van der Waals surface area (Å²) in [4.78, 5) is 38.2. The molecular weight excluding hydrogens is 498 g/mol. The Labute approximate surface area is 229 Å². The van der Waals surface area contributed by atoms with Crippen LogP contribution in [-0.4, -0.2) is 69.3 Å². The maximum atomic E-state index is 12.7. The van der Waals surface area contributed by atoms with Crippen molar-refractivity contribution in [3.63, 3.8) is 0 Å². The van der Waals surface area contributed by atoms with E-state index in [1.807, 2.05) is 12.1 Å². The summed E-state index contributed by atoms with van der Waals surface area (Å²) in [6, 6.07) is 9.05. The van der Waals surface area contributed by atoms with Crippen molar-refractivity contribution >= 4 is 23.0 Å². The number of ether oxygens (including phenoxy) is 2. The van der Waals surface area contributed by atoms with Crippen LogP contribution in [0.5, 0.6) is 6.01 Å². The Bertz CT molecular complexity index is 1290. The molecule has 2 aromatic heterocycles. The van der Waals surface area contributed by atoms with Crippen LogP contribution in [0.15, 0.2) is 29.1 Å². The molecule has 0 bridgehead atoms. The number of H-pyrrole nitrogens is 1. The molecule has 2 atom stereocenters. The van der Waals surface area contributed by atoms with E-state index in [-0.39, 0.29) is 29.9 Å². The van der Waals surface area contributed by atoms with E-state index in [9.17, 15) is 9.59 Å². The summed E-state index contributed by atoms with van der Waals surface area (Å²) < 4.78 is 12.0. The Morgan fingerprint density at radius 1 is 1.13 bits per heavy atom. The number of rotatable bonds is 15. The van der Waals surface area contributed by atoms with Crippen molar-refractivity contribution in [1.82, 2.24) is 29.7 Å². The van der Waals surface area contributed by atoms with Gasteiger partial charge in [-0.3, -0.25) is 14.3 Å². The zero-order valence-electron chi connectivity index (χ0n) is 23.2. The maximum absolute atomic E-state index is 12.7. The quantitative estimate of drug-likeness (QED) is 0.196. The number of aromatic nitrogens is 4. The van der Waals surface area contributed by atoms with Gasteiger partial charge in [-0.05, 0) is 43.4 Å². The summed E-state index contributed by atoms with van der Waals surface area (Å²) >= 11 is 0. The molecule has 2 unspecified atom stereocenters. The molecule has 1 aromatic carbocycles. The molecule has 0 aliphatic carbocycles. The van der Waals surface area contributed by atoms with Crippen molar-refractivity contribution in [2.24, 2.45) is 0 Å². The number of nitrogens with zero attached hydrogens (tertiary/aromatic N) is 4. The molecule has 1 saturated heterocycles. The zero-order valence-corrected chi connectivity index (χ0v) is 23.2. The number of nitrogen functional groups attached to an aromatic ring is 1. The minimum absolute atomic E-state index is 0.205. The molecule has 11 nitrogen and oxygen atoms in total. The summed E-state index contributed by atoms with van der Waals surface area (Å²) in [7, 11) is 1.40. The van der Waals surface area contributed by atoms with E-state index in [0.717, 1.165) is 57.3 Å². The largest absolute Gasteiger partial charge is 0.469 e. The number of unbranched alkanes of at least 4 members (excludes halogenated alkanes) is 1. The van der Waals surface area contributed by atoms with E-state index in [1.54, 1.807) is 4.57 Å². The summed E-state index contributed by atoms with van der Waals surface area (Å²) in [6.45, 7) is 8.16. The lowest BCUT2D eigenvalue weighted by atomic mass is 9.91. The molecule has 3 heterocycles. The number of likely N-dealkylation sites (tertiary alicyclic amines) is 1. The fourth-order valence-electron chi connectivity index (χ4n) is 5.09. The number of carbonyl (C=O) groups excluding carboxylic acids is 1. The van der Waals surface area contributed by atoms with E-state index >= 15 is 0 Å². The number of fused-ring (bicyclic) bond motifs is 1. The minimum atomic E-state index is -0.235. The highest BCUT2D eigenvalue weighted by atomic mass is 16.5. The second kappa shape index (κ2) is 13.6. The third-order valence-electron chi connectivity index (χ3n) is 7.28. The number of nitrogens with two attached hydrogens (primary N) is 1. The third kappa shape index (κ3) is 7.15. The molecule has 212 valence electrons. The highest BCUT2D eigenvalue weighted by Crippen LogP contribution is 2.25. The summed E-state index contributed by atoms with van der Waals surface area (Å²) in [6.07, 6.45) is 5.06. The predicted molar refractivity (Wildman–Crippen MR) is 151 cm³/mol. The van der Waals surface area contributed by atoms with Gasteiger partial charge >= 0.3 is 17.7 Å². The van der Waals surface area contributed by atoms with Crippen molar-refractivity contribution in [2.75, 3.05) is 32.5 Å². The number of carbonyl (C=O) groups is 1. The lowest BCUT2D eigenvalue weighted by Gasteiger charge is -2.49. The normalized spacial score (nSPS) is 17.3. The van der Waals surface area contributed by atoms with Gasteiger partial charge in [0.25, 0.3) is 0 Å². The number of nitrogens with one attached hydrogen (secondary N) is 2. The average molecular weight is 540 g/mol. The minimum Gasteiger partial charge on any atom is -0.469 e. The lowest BCUT2D eigenvalue weighted by Crippen LogP contribution is -2.65. The van der Waals surface area contributed by atoms with Crippen LogP contribution in [0, 0.1) is 0 Å². The second-order valence-corrected chi connectivity index (χ2v) is 10.1. The van der Waals surface area contributed by atoms with Crippen molar-refractivity contribution < 1.29 is 14.3 Å². The second-order valence-electron chi connectivity index (χ2n) is 10.1. The third-order valence-corrected chi connectivity index (χ3v) is 7.28. The molecule has 3 aromatic rings. The van der Waals surface area contributed by atoms with Crippen LogP contribution in [0.25, 0.3) is 11.2 Å². The van der Waals surface area contributed by atoms with Crippen molar-refractivity contribution in [1.29, 1.82) is 0 Å². The van der Waals surface area contributed by atoms with Gasteiger partial charge in [-0.1, -0.05) is 44.5 Å². The van der Waals surface area contributed by atoms with Crippen LogP contribution in [0.4, 0.5) is 5.82 Å². The molecule has 0 amide bonds. The zero-order chi connectivity index (χ0) is 27.8. The predicted octanol–water partition coefficient (Wildman–Crippen LogP) is 2.63. The molecule has 0 spiro atoms. The Hall–Kier alpha value is -3.44. The monoisotopic (exact) mass is 539 g/mol. The van der Waals surface area contributed by atoms with Crippen LogP contribution < -0.4 is 21.5 Å². The standard InChI is InChI=1S/C28H41N7O4/c1-4-6-15-39-27-32-25(29)24-26(33-27)35(28(37)31-24)14-7-8-22-21(18-34(22)13-5-2)30-17-20-11-9-19(10-12-20)16-23(36)38-3/h9-12,21-22,30H,4-8,13-18H2,1-3H3,(H,31,37)(H2,29,32,33). The van der Waals surface area contributed by atoms with Crippen LogP contribution in [0.3, 0.4) is 0 Å². The van der Waals surface area contributed by atoms with Gasteiger partial charge in [-0.15, -0.1) is 0 Å². The van der Waals surface area contributed by atoms with Gasteiger partial charge in [0, 0.05) is 31.7 Å². The first-order valence-corrected chi connectivity index (χ1v) is 13.9. The van der Waals surface area contributed by atoms with Crippen molar-refractivity contribution in [3.8, 4) is 6.01 Å². The molecular formula is C28H41N7O4. The van der Waals surface area contributed by atoms with E-state index < -0.39 is 0 Å². The molecule has 0 radical (unpaired) electrons. The van der Waals surface area contributed by atoms with Crippen LogP contribution in [-0.2, 0) is 29.0 Å². The van der Waals surface area contributed by atoms with Gasteiger partial charge in [-0.2, -0.15) is 9.97 Å². The van der Waals surface area contributed by atoms with E-state index in [4.69, 9.17) is 15.2 Å². The van der Waals surface area contributed by atoms with Gasteiger partial charge in [0.2, 0.25) is 0 Å². The molecule has 0 saturated carbocycles. The molecule has 1 aliphatic rings. The van der Waals surface area contributed by atoms with Crippen LogP contribution in [0.1, 0.15) is 57.1 Å². The van der Waals surface area contributed by atoms with E-state index in [1.165, 1.54) is 12.7 Å². The van der Waals surface area contributed by atoms with Gasteiger partial charge in [0.1, 0.15) is 5.52 Å². The number of esters is 1. The highest BCUT2D eigenvalue weighted by molar-refractivity contribution is 5.81. The van der Waals surface area contributed by atoms with Crippen LogP contribution >= 0.6 is 0 Å². The lowest BCUT2D eigenvalue weighted by molar-refractivity contribution is -0.139. The highest BCUT2D eigenvalue weighted by Gasteiger charge is 2.37. The first-order chi connectivity index (χ1) is 18.9. The molecule has 11 heteroatoms. The number of aryl methyl sites for hydroxylation is 1. The molecule has 1 aliphatic heterocycles. The Morgan fingerprint density at radius 2 is 1.90 bits per heavy atom. The Morgan fingerprint density at radius 3 is 2.62 bits per heavy atom. The Balaban J connectivity index is 1.35. The topological polar surface area (TPSA) is 140 Å².